The predicted molar refractivity (Wildman–Crippen MR) is 74.3 cm³/mol. The summed E-state index contributed by atoms with van der Waals surface area (Å²) < 4.78 is 5.66. The molecule has 106 valence electrons. The van der Waals surface area contributed by atoms with E-state index < -0.39 is 0 Å². The Morgan fingerprint density at radius 3 is 2.68 bits per heavy atom. The van der Waals surface area contributed by atoms with Crippen molar-refractivity contribution in [2.75, 3.05) is 13.2 Å². The summed E-state index contributed by atoms with van der Waals surface area (Å²) in [4.78, 5) is 0. The fraction of sp³-hybridized carbons (Fsp3) is 0.600. The van der Waals surface area contributed by atoms with Gasteiger partial charge < -0.3 is 20.3 Å². The van der Waals surface area contributed by atoms with E-state index in [-0.39, 0.29) is 17.5 Å². The van der Waals surface area contributed by atoms with Gasteiger partial charge in [0.1, 0.15) is 11.5 Å². The minimum atomic E-state index is -0.0840. The number of ether oxygens (including phenoxy) is 1. The largest absolute Gasteiger partial charge is 0.507 e. The first-order valence-corrected chi connectivity index (χ1v) is 6.99. The Labute approximate surface area is 114 Å². The first-order chi connectivity index (χ1) is 9.13. The third kappa shape index (κ3) is 3.19. The summed E-state index contributed by atoms with van der Waals surface area (Å²) in [6.45, 7) is 5.77. The maximum Gasteiger partial charge on any atom is 0.124 e. The van der Waals surface area contributed by atoms with Gasteiger partial charge in [-0.2, -0.15) is 0 Å². The summed E-state index contributed by atoms with van der Waals surface area (Å²) in [5.74, 6) is 0.782. The van der Waals surface area contributed by atoms with Crippen LogP contribution in [0.1, 0.15) is 38.3 Å². The second-order valence-corrected chi connectivity index (χ2v) is 5.21. The lowest BCUT2D eigenvalue weighted by Gasteiger charge is -2.22. The Balaban J connectivity index is 1.96. The van der Waals surface area contributed by atoms with Crippen LogP contribution < -0.4 is 5.32 Å². The minimum absolute atomic E-state index is 0.0840. The number of hydrogen-bond acceptors (Lipinski definition) is 4. The molecule has 1 saturated heterocycles. The van der Waals surface area contributed by atoms with Gasteiger partial charge in [0.05, 0.1) is 11.7 Å². The average Bonchev–Trinajstić information content (AvgIpc) is 2.83. The van der Waals surface area contributed by atoms with Crippen molar-refractivity contribution in [2.24, 2.45) is 5.92 Å². The van der Waals surface area contributed by atoms with Crippen LogP contribution in [-0.4, -0.2) is 29.5 Å². The van der Waals surface area contributed by atoms with E-state index in [4.69, 9.17) is 4.74 Å². The van der Waals surface area contributed by atoms with Gasteiger partial charge in [0, 0.05) is 19.2 Å². The lowest BCUT2D eigenvalue weighted by molar-refractivity contribution is 0.0867. The molecule has 1 heterocycles. The fourth-order valence-corrected chi connectivity index (χ4v) is 2.79. The van der Waals surface area contributed by atoms with Crippen molar-refractivity contribution in [2.45, 2.75) is 38.8 Å². The second-order valence-electron chi connectivity index (χ2n) is 5.21. The lowest BCUT2D eigenvalue weighted by Crippen LogP contribution is -2.30. The molecule has 4 heteroatoms. The van der Waals surface area contributed by atoms with Gasteiger partial charge in [-0.1, -0.05) is 13.0 Å². The number of rotatable bonds is 5. The quantitative estimate of drug-likeness (QED) is 0.765. The molecular weight excluding hydrogens is 242 g/mol. The molecule has 1 aliphatic rings. The third-order valence-electron chi connectivity index (χ3n) is 3.93. The van der Waals surface area contributed by atoms with Gasteiger partial charge in [-0.05, 0) is 37.8 Å². The number of aromatic hydroxyl groups is 2. The van der Waals surface area contributed by atoms with Crippen LogP contribution in [0.15, 0.2) is 18.2 Å². The van der Waals surface area contributed by atoms with Crippen molar-refractivity contribution in [3.05, 3.63) is 23.8 Å². The Morgan fingerprint density at radius 2 is 2.05 bits per heavy atom. The molecule has 1 fully saturated rings. The molecule has 3 N–H and O–H groups in total. The number of nitrogens with one attached hydrogen (secondary N) is 1. The van der Waals surface area contributed by atoms with Gasteiger partial charge in [-0.25, -0.2) is 0 Å². The van der Waals surface area contributed by atoms with Gasteiger partial charge in [-0.3, -0.25) is 0 Å². The molecule has 19 heavy (non-hydrogen) atoms. The molecule has 0 spiro atoms. The maximum absolute atomic E-state index is 9.83. The highest BCUT2D eigenvalue weighted by Gasteiger charge is 2.27. The van der Waals surface area contributed by atoms with Gasteiger partial charge in [0.2, 0.25) is 0 Å². The van der Waals surface area contributed by atoms with Gasteiger partial charge in [0.25, 0.3) is 0 Å². The molecule has 0 radical (unpaired) electrons. The molecule has 4 nitrogen and oxygen atoms in total. The zero-order chi connectivity index (χ0) is 13.8. The first kappa shape index (κ1) is 14.2. The summed E-state index contributed by atoms with van der Waals surface area (Å²) in [5, 5.41) is 23.0. The van der Waals surface area contributed by atoms with Crippen LogP contribution in [0.3, 0.4) is 0 Å². The van der Waals surface area contributed by atoms with Crippen LogP contribution in [0, 0.1) is 5.92 Å². The van der Waals surface area contributed by atoms with Crippen molar-refractivity contribution in [3.63, 3.8) is 0 Å². The number of hydrogen-bond donors (Lipinski definition) is 3. The van der Waals surface area contributed by atoms with E-state index in [1.165, 1.54) is 0 Å². The highest BCUT2D eigenvalue weighted by molar-refractivity contribution is 5.44. The van der Waals surface area contributed by atoms with Crippen molar-refractivity contribution >= 4 is 0 Å². The van der Waals surface area contributed by atoms with Gasteiger partial charge in [-0.15, -0.1) is 0 Å². The molecule has 0 saturated carbocycles. The van der Waals surface area contributed by atoms with Crippen LogP contribution in [0.2, 0.25) is 0 Å². The molecule has 0 aliphatic carbocycles. The summed E-state index contributed by atoms with van der Waals surface area (Å²) in [6, 6.07) is 4.75. The van der Waals surface area contributed by atoms with E-state index in [1.807, 2.05) is 6.92 Å². The van der Waals surface area contributed by atoms with Gasteiger partial charge in [0.15, 0.2) is 0 Å². The van der Waals surface area contributed by atoms with E-state index >= 15 is 0 Å². The van der Waals surface area contributed by atoms with Crippen molar-refractivity contribution in [1.29, 1.82) is 0 Å². The number of phenols is 2. The molecule has 3 unspecified atom stereocenters. The SMILES string of the molecule is CCC1OCCC1CNC(C)c1c(O)cccc1O. The fourth-order valence-electron chi connectivity index (χ4n) is 2.79. The van der Waals surface area contributed by atoms with Crippen LogP contribution >= 0.6 is 0 Å². The van der Waals surface area contributed by atoms with Crippen LogP contribution in [-0.2, 0) is 4.74 Å². The van der Waals surface area contributed by atoms with E-state index in [1.54, 1.807) is 18.2 Å². The molecular formula is C15H23NO3. The Hall–Kier alpha value is -1.26. The Morgan fingerprint density at radius 1 is 1.37 bits per heavy atom. The summed E-state index contributed by atoms with van der Waals surface area (Å²) >= 11 is 0. The number of phenolic OH excluding ortho intramolecular Hbond substituents is 2. The molecule has 1 aromatic rings. The zero-order valence-electron chi connectivity index (χ0n) is 11.6. The summed E-state index contributed by atoms with van der Waals surface area (Å²) in [6.07, 6.45) is 2.44. The van der Waals surface area contributed by atoms with E-state index in [0.29, 0.717) is 17.6 Å². The molecule has 2 rings (SSSR count). The molecule has 1 aromatic carbocycles. The van der Waals surface area contributed by atoms with E-state index in [0.717, 1.165) is 26.0 Å². The second kappa shape index (κ2) is 6.26. The van der Waals surface area contributed by atoms with Crippen molar-refractivity contribution in [3.8, 4) is 11.5 Å². The topological polar surface area (TPSA) is 61.7 Å². The smallest absolute Gasteiger partial charge is 0.124 e. The molecule has 0 bridgehead atoms. The maximum atomic E-state index is 9.83. The monoisotopic (exact) mass is 265 g/mol. The lowest BCUT2D eigenvalue weighted by atomic mass is 9.98. The number of benzene rings is 1. The molecule has 1 aliphatic heterocycles. The summed E-state index contributed by atoms with van der Waals surface area (Å²) in [7, 11) is 0. The normalized spacial score (nSPS) is 24.5. The minimum Gasteiger partial charge on any atom is -0.507 e. The van der Waals surface area contributed by atoms with Gasteiger partial charge >= 0.3 is 0 Å². The van der Waals surface area contributed by atoms with Crippen LogP contribution in [0.4, 0.5) is 0 Å². The highest BCUT2D eigenvalue weighted by Crippen LogP contribution is 2.32. The highest BCUT2D eigenvalue weighted by atomic mass is 16.5. The van der Waals surface area contributed by atoms with Crippen LogP contribution in [0.25, 0.3) is 0 Å². The Kier molecular flexibility index (Phi) is 4.66. The molecule has 0 aromatic heterocycles. The predicted octanol–water partition coefficient (Wildman–Crippen LogP) is 2.56. The molecule has 3 atom stereocenters. The van der Waals surface area contributed by atoms with Crippen LogP contribution in [0.5, 0.6) is 11.5 Å². The third-order valence-corrected chi connectivity index (χ3v) is 3.93. The average molecular weight is 265 g/mol. The van der Waals surface area contributed by atoms with E-state index in [2.05, 4.69) is 12.2 Å². The molecule has 0 amide bonds. The standard InChI is InChI=1S/C15H23NO3/c1-3-14-11(7-8-19-14)9-16-10(2)15-12(17)5-4-6-13(15)18/h4-6,10-11,14,16-18H,3,7-9H2,1-2H3. The first-order valence-electron chi connectivity index (χ1n) is 6.99. The van der Waals surface area contributed by atoms with Crippen molar-refractivity contribution < 1.29 is 14.9 Å². The summed E-state index contributed by atoms with van der Waals surface area (Å²) in [5.41, 5.74) is 0.564. The van der Waals surface area contributed by atoms with Crippen molar-refractivity contribution in [1.82, 2.24) is 5.32 Å². The Bertz CT molecular complexity index is 402. The zero-order valence-corrected chi connectivity index (χ0v) is 11.6. The van der Waals surface area contributed by atoms with E-state index in [9.17, 15) is 10.2 Å².